The van der Waals surface area contributed by atoms with E-state index >= 15 is 0 Å². The van der Waals surface area contributed by atoms with Crippen LogP contribution in [0.15, 0.2) is 65.2 Å². The summed E-state index contributed by atoms with van der Waals surface area (Å²) in [7, 11) is 0. The van der Waals surface area contributed by atoms with Gasteiger partial charge in [-0.3, -0.25) is 0 Å². The van der Waals surface area contributed by atoms with Crippen molar-refractivity contribution >= 4 is 34.0 Å². The van der Waals surface area contributed by atoms with Crippen molar-refractivity contribution in [3.05, 3.63) is 76.3 Å². The largest absolute Gasteiger partial charge is 0.391 e. The number of hydrogen-bond donors (Lipinski definition) is 1. The molecule has 0 saturated heterocycles. The molecule has 0 aliphatic rings. The van der Waals surface area contributed by atoms with Gasteiger partial charge in [-0.25, -0.2) is 0 Å². The summed E-state index contributed by atoms with van der Waals surface area (Å²) in [6.45, 7) is -0.222. The Bertz CT molecular complexity index is 1070. The lowest BCUT2D eigenvalue weighted by molar-refractivity contribution is 0.281. The highest BCUT2D eigenvalue weighted by Gasteiger charge is 2.21. The molecule has 3 nitrogen and oxygen atoms in total. The van der Waals surface area contributed by atoms with Crippen LogP contribution in [0.3, 0.4) is 0 Å². The number of nitrogens with zero attached hydrogens (tertiary/aromatic N) is 1. The number of benzene rings is 3. The van der Waals surface area contributed by atoms with Crippen LogP contribution in [0.4, 0.5) is 0 Å². The number of hydrogen-bond acceptors (Lipinski definition) is 3. The van der Waals surface area contributed by atoms with Gasteiger partial charge in [0.05, 0.1) is 17.2 Å². The molecule has 1 heterocycles. The van der Waals surface area contributed by atoms with Crippen molar-refractivity contribution < 1.29 is 9.63 Å². The van der Waals surface area contributed by atoms with Crippen molar-refractivity contribution in [2.45, 2.75) is 6.61 Å². The van der Waals surface area contributed by atoms with E-state index in [1.54, 1.807) is 18.2 Å². The van der Waals surface area contributed by atoms with Crippen molar-refractivity contribution in [2.24, 2.45) is 0 Å². The fraction of sp³-hybridized carbons (Fsp3) is 0.0500. The minimum atomic E-state index is -0.222. The Morgan fingerprint density at radius 1 is 0.920 bits per heavy atom. The zero-order valence-corrected chi connectivity index (χ0v) is 14.6. The van der Waals surface area contributed by atoms with Crippen molar-refractivity contribution in [3.8, 4) is 22.6 Å². The third-order valence-corrected chi connectivity index (χ3v) is 4.73. The number of rotatable bonds is 3. The van der Waals surface area contributed by atoms with E-state index in [0.717, 1.165) is 16.3 Å². The van der Waals surface area contributed by atoms with Crippen LogP contribution in [-0.2, 0) is 6.61 Å². The number of aromatic nitrogens is 1. The SMILES string of the molecule is OCc1c(-c2cccc3ccccc23)noc1-c1cc(Cl)ccc1Cl. The molecule has 0 aliphatic heterocycles. The van der Waals surface area contributed by atoms with Gasteiger partial charge < -0.3 is 9.63 Å². The highest BCUT2D eigenvalue weighted by molar-refractivity contribution is 6.35. The molecule has 0 amide bonds. The first-order valence-corrected chi connectivity index (χ1v) is 8.47. The molecule has 0 fully saturated rings. The third kappa shape index (κ3) is 2.81. The molecule has 0 radical (unpaired) electrons. The molecular formula is C20H13Cl2NO2. The van der Waals surface area contributed by atoms with Crippen LogP contribution in [0.1, 0.15) is 5.56 Å². The van der Waals surface area contributed by atoms with Crippen molar-refractivity contribution in [1.29, 1.82) is 0 Å². The molecule has 0 saturated carbocycles. The molecule has 1 N–H and O–H groups in total. The maximum Gasteiger partial charge on any atom is 0.174 e. The van der Waals surface area contributed by atoms with Gasteiger partial charge in [0.2, 0.25) is 0 Å². The molecule has 0 aliphatic carbocycles. The van der Waals surface area contributed by atoms with E-state index < -0.39 is 0 Å². The molecule has 0 unspecified atom stereocenters. The molecule has 0 bridgehead atoms. The number of halogens is 2. The molecule has 4 rings (SSSR count). The smallest absolute Gasteiger partial charge is 0.174 e. The normalized spacial score (nSPS) is 11.2. The van der Waals surface area contributed by atoms with Gasteiger partial charge in [0.15, 0.2) is 5.76 Å². The summed E-state index contributed by atoms with van der Waals surface area (Å²) >= 11 is 12.4. The Morgan fingerprint density at radius 2 is 1.72 bits per heavy atom. The van der Waals surface area contributed by atoms with E-state index in [2.05, 4.69) is 5.16 Å². The van der Waals surface area contributed by atoms with Gasteiger partial charge in [-0.15, -0.1) is 0 Å². The highest BCUT2D eigenvalue weighted by Crippen LogP contribution is 2.38. The van der Waals surface area contributed by atoms with Crippen LogP contribution in [0.5, 0.6) is 0 Å². The van der Waals surface area contributed by atoms with Crippen LogP contribution < -0.4 is 0 Å². The van der Waals surface area contributed by atoms with E-state index in [1.807, 2.05) is 42.5 Å². The first-order valence-electron chi connectivity index (χ1n) is 7.72. The molecule has 0 atom stereocenters. The minimum Gasteiger partial charge on any atom is -0.391 e. The van der Waals surface area contributed by atoms with E-state index in [-0.39, 0.29) is 6.61 Å². The predicted octanol–water partition coefficient (Wildman–Crippen LogP) is 5.96. The van der Waals surface area contributed by atoms with Crippen molar-refractivity contribution in [3.63, 3.8) is 0 Å². The summed E-state index contributed by atoms with van der Waals surface area (Å²) in [5.41, 5.74) is 2.69. The monoisotopic (exact) mass is 369 g/mol. The Hall–Kier alpha value is -2.33. The van der Waals surface area contributed by atoms with Gasteiger partial charge >= 0.3 is 0 Å². The third-order valence-electron chi connectivity index (χ3n) is 4.16. The van der Waals surface area contributed by atoms with E-state index in [9.17, 15) is 5.11 Å². The van der Waals surface area contributed by atoms with Crippen molar-refractivity contribution in [1.82, 2.24) is 5.16 Å². The van der Waals surface area contributed by atoms with Gasteiger partial charge in [-0.2, -0.15) is 0 Å². The van der Waals surface area contributed by atoms with Crippen LogP contribution in [0.2, 0.25) is 10.0 Å². The molecule has 0 spiro atoms. The summed E-state index contributed by atoms with van der Waals surface area (Å²) in [4.78, 5) is 0. The summed E-state index contributed by atoms with van der Waals surface area (Å²) in [5.74, 6) is 0.429. The molecule has 124 valence electrons. The number of aliphatic hydroxyl groups is 1. The Kier molecular flexibility index (Phi) is 4.22. The average molecular weight is 370 g/mol. The van der Waals surface area contributed by atoms with Crippen LogP contribution in [-0.4, -0.2) is 10.3 Å². The second-order valence-electron chi connectivity index (χ2n) is 5.65. The van der Waals surface area contributed by atoms with Gasteiger partial charge in [0.25, 0.3) is 0 Å². The summed E-state index contributed by atoms with van der Waals surface area (Å²) in [5, 5.41) is 17.3. The lowest BCUT2D eigenvalue weighted by atomic mass is 9.98. The Labute approximate surface area is 154 Å². The fourth-order valence-electron chi connectivity index (χ4n) is 2.98. The van der Waals surface area contributed by atoms with Gasteiger partial charge in [0, 0.05) is 16.1 Å². The predicted molar refractivity (Wildman–Crippen MR) is 101 cm³/mol. The fourth-order valence-corrected chi connectivity index (χ4v) is 3.36. The lowest BCUT2D eigenvalue weighted by Gasteiger charge is -2.06. The quantitative estimate of drug-likeness (QED) is 0.484. The van der Waals surface area contributed by atoms with Crippen LogP contribution in [0, 0.1) is 0 Å². The first kappa shape index (κ1) is 16.2. The van der Waals surface area contributed by atoms with Crippen LogP contribution in [0.25, 0.3) is 33.4 Å². The summed E-state index contributed by atoms with van der Waals surface area (Å²) in [6.07, 6.45) is 0. The first-order chi connectivity index (χ1) is 12.2. The zero-order valence-electron chi connectivity index (χ0n) is 13.0. The molecule has 5 heteroatoms. The number of fused-ring (bicyclic) bond motifs is 1. The van der Waals surface area contributed by atoms with Gasteiger partial charge in [-0.05, 0) is 29.0 Å². The molecule has 4 aromatic rings. The van der Waals surface area contributed by atoms with Crippen molar-refractivity contribution in [2.75, 3.05) is 0 Å². The Morgan fingerprint density at radius 3 is 2.56 bits per heavy atom. The minimum absolute atomic E-state index is 0.222. The number of aliphatic hydroxyl groups excluding tert-OH is 1. The standard InChI is InChI=1S/C20H13Cl2NO2/c21-13-8-9-18(22)16(10-13)20-17(11-24)19(23-25-20)15-7-3-5-12-4-1-2-6-14(12)15/h1-10,24H,11H2. The molecule has 1 aromatic heterocycles. The van der Waals surface area contributed by atoms with E-state index in [0.29, 0.717) is 32.6 Å². The highest BCUT2D eigenvalue weighted by atomic mass is 35.5. The van der Waals surface area contributed by atoms with E-state index in [4.69, 9.17) is 27.7 Å². The average Bonchev–Trinajstić information content (AvgIpc) is 3.06. The van der Waals surface area contributed by atoms with Gasteiger partial charge in [0.1, 0.15) is 5.69 Å². The van der Waals surface area contributed by atoms with E-state index in [1.165, 1.54) is 0 Å². The van der Waals surface area contributed by atoms with Gasteiger partial charge in [-0.1, -0.05) is 70.8 Å². The Balaban J connectivity index is 1.96. The van der Waals surface area contributed by atoms with Crippen LogP contribution >= 0.6 is 23.2 Å². The zero-order chi connectivity index (χ0) is 17.4. The lowest BCUT2D eigenvalue weighted by Crippen LogP contribution is -1.90. The maximum atomic E-state index is 9.97. The maximum absolute atomic E-state index is 9.97. The molecule has 25 heavy (non-hydrogen) atoms. The molecular weight excluding hydrogens is 357 g/mol. The summed E-state index contributed by atoms with van der Waals surface area (Å²) in [6, 6.07) is 19.1. The second kappa shape index (κ2) is 6.52. The molecule has 3 aromatic carbocycles. The topological polar surface area (TPSA) is 46.3 Å². The summed E-state index contributed by atoms with van der Waals surface area (Å²) < 4.78 is 5.56. The second-order valence-corrected chi connectivity index (χ2v) is 6.49.